The van der Waals surface area contributed by atoms with Crippen molar-refractivity contribution in [1.29, 1.82) is 0 Å². The molecule has 2 unspecified atom stereocenters. The van der Waals surface area contributed by atoms with E-state index in [1.54, 1.807) is 12.3 Å². The van der Waals surface area contributed by atoms with Crippen molar-refractivity contribution in [2.24, 2.45) is 0 Å². The number of aliphatic hydroxyl groups excluding tert-OH is 1. The van der Waals surface area contributed by atoms with Crippen LogP contribution in [0.15, 0.2) is 42.6 Å². The minimum absolute atomic E-state index is 0.128. The van der Waals surface area contributed by atoms with Gasteiger partial charge in [0.1, 0.15) is 0 Å². The monoisotopic (exact) mass is 296 g/mol. The molecule has 3 rings (SSSR count). The first-order chi connectivity index (χ1) is 10.7. The molecule has 1 saturated carbocycles. The summed E-state index contributed by atoms with van der Waals surface area (Å²) >= 11 is 0. The lowest BCUT2D eigenvalue weighted by Gasteiger charge is -2.27. The van der Waals surface area contributed by atoms with Crippen molar-refractivity contribution < 1.29 is 9.90 Å². The van der Waals surface area contributed by atoms with Gasteiger partial charge < -0.3 is 10.4 Å². The molecule has 0 saturated heterocycles. The number of aromatic nitrogens is 1. The molecule has 22 heavy (non-hydrogen) atoms. The topological polar surface area (TPSA) is 62.2 Å². The molecule has 0 spiro atoms. The summed E-state index contributed by atoms with van der Waals surface area (Å²) in [6, 6.07) is 9.65. The summed E-state index contributed by atoms with van der Waals surface area (Å²) in [5.41, 5.74) is 1.80. The van der Waals surface area contributed by atoms with Crippen LogP contribution in [0, 0.1) is 0 Å². The standard InChI is InChI=1S/C18H20N2O2/c21-16-9-2-1-8-15(16)20-17(22)11-10-14-6-3-5-13-7-4-12-19-18(13)14/h3-7,10-12,15-16,21H,1-2,8-9H2,(H,20,22)/b11-10+. The van der Waals surface area contributed by atoms with Crippen LogP contribution in [0.2, 0.25) is 0 Å². The molecule has 0 radical (unpaired) electrons. The molecule has 4 heteroatoms. The fraction of sp³-hybridized carbons (Fsp3) is 0.333. The second kappa shape index (κ2) is 6.71. The smallest absolute Gasteiger partial charge is 0.244 e. The molecule has 2 aromatic rings. The molecule has 4 nitrogen and oxygen atoms in total. The first kappa shape index (κ1) is 14.7. The van der Waals surface area contributed by atoms with Gasteiger partial charge in [-0.15, -0.1) is 0 Å². The fourth-order valence-electron chi connectivity index (χ4n) is 2.94. The van der Waals surface area contributed by atoms with Gasteiger partial charge in [-0.3, -0.25) is 9.78 Å². The van der Waals surface area contributed by atoms with E-state index >= 15 is 0 Å². The molecule has 114 valence electrons. The van der Waals surface area contributed by atoms with Gasteiger partial charge >= 0.3 is 0 Å². The van der Waals surface area contributed by atoms with Crippen LogP contribution >= 0.6 is 0 Å². The van der Waals surface area contributed by atoms with Crippen LogP contribution in [0.4, 0.5) is 0 Å². The Morgan fingerprint density at radius 2 is 2.05 bits per heavy atom. The highest BCUT2D eigenvalue weighted by atomic mass is 16.3. The summed E-state index contributed by atoms with van der Waals surface area (Å²) in [4.78, 5) is 16.4. The van der Waals surface area contributed by atoms with E-state index in [1.807, 2.05) is 30.3 Å². The van der Waals surface area contributed by atoms with Crippen LogP contribution in [0.1, 0.15) is 31.2 Å². The zero-order valence-corrected chi connectivity index (χ0v) is 12.4. The van der Waals surface area contributed by atoms with Gasteiger partial charge in [0.25, 0.3) is 0 Å². The van der Waals surface area contributed by atoms with Crippen LogP contribution in [0.5, 0.6) is 0 Å². The van der Waals surface area contributed by atoms with Gasteiger partial charge in [-0.05, 0) is 25.0 Å². The highest BCUT2D eigenvalue weighted by Crippen LogP contribution is 2.19. The molecule has 1 fully saturated rings. The predicted octanol–water partition coefficient (Wildman–Crippen LogP) is 2.67. The van der Waals surface area contributed by atoms with E-state index in [9.17, 15) is 9.90 Å². The Hall–Kier alpha value is -2.20. The van der Waals surface area contributed by atoms with Gasteiger partial charge in [0.15, 0.2) is 0 Å². The van der Waals surface area contributed by atoms with Gasteiger partial charge in [0.2, 0.25) is 5.91 Å². The zero-order valence-electron chi connectivity index (χ0n) is 12.4. The van der Waals surface area contributed by atoms with Crippen LogP contribution in [0.25, 0.3) is 17.0 Å². The minimum Gasteiger partial charge on any atom is -0.391 e. The first-order valence-corrected chi connectivity index (χ1v) is 7.74. The molecular weight excluding hydrogens is 276 g/mol. The number of amides is 1. The SMILES string of the molecule is O=C(/C=C/c1cccc2cccnc12)NC1CCCCC1O. The number of hydrogen-bond acceptors (Lipinski definition) is 3. The Morgan fingerprint density at radius 1 is 1.23 bits per heavy atom. The van der Waals surface area contributed by atoms with Gasteiger partial charge in [-0.2, -0.15) is 0 Å². The maximum Gasteiger partial charge on any atom is 0.244 e. The normalized spacial score (nSPS) is 22.0. The lowest BCUT2D eigenvalue weighted by Crippen LogP contribution is -2.44. The lowest BCUT2D eigenvalue weighted by atomic mass is 9.92. The van der Waals surface area contributed by atoms with Crippen molar-refractivity contribution in [1.82, 2.24) is 10.3 Å². The van der Waals surface area contributed by atoms with Crippen molar-refractivity contribution >= 4 is 22.9 Å². The highest BCUT2D eigenvalue weighted by Gasteiger charge is 2.23. The summed E-state index contributed by atoms with van der Waals surface area (Å²) in [5.74, 6) is -0.168. The number of benzene rings is 1. The third-order valence-electron chi connectivity index (χ3n) is 4.14. The average Bonchev–Trinajstić information content (AvgIpc) is 2.55. The van der Waals surface area contributed by atoms with E-state index in [1.165, 1.54) is 6.08 Å². The van der Waals surface area contributed by atoms with Gasteiger partial charge in [0.05, 0.1) is 17.7 Å². The maximum atomic E-state index is 12.0. The molecule has 0 aliphatic heterocycles. The Kier molecular flexibility index (Phi) is 4.49. The van der Waals surface area contributed by atoms with Crippen molar-refractivity contribution in [2.75, 3.05) is 0 Å². The quantitative estimate of drug-likeness (QED) is 0.856. The van der Waals surface area contributed by atoms with Crippen LogP contribution in [-0.4, -0.2) is 28.1 Å². The number of nitrogens with one attached hydrogen (secondary N) is 1. The largest absolute Gasteiger partial charge is 0.391 e. The number of fused-ring (bicyclic) bond motifs is 1. The number of para-hydroxylation sites is 1. The lowest BCUT2D eigenvalue weighted by molar-refractivity contribution is -0.118. The summed E-state index contributed by atoms with van der Waals surface area (Å²) in [6.45, 7) is 0. The van der Waals surface area contributed by atoms with E-state index < -0.39 is 6.10 Å². The number of pyridine rings is 1. The molecule has 2 N–H and O–H groups in total. The summed E-state index contributed by atoms with van der Waals surface area (Å²) in [6.07, 6.45) is 8.32. The predicted molar refractivity (Wildman–Crippen MR) is 87.2 cm³/mol. The molecule has 1 heterocycles. The summed E-state index contributed by atoms with van der Waals surface area (Å²) in [7, 11) is 0. The average molecular weight is 296 g/mol. The minimum atomic E-state index is -0.426. The Labute approximate surface area is 129 Å². The number of carbonyl (C=O) groups is 1. The highest BCUT2D eigenvalue weighted by molar-refractivity contribution is 5.95. The van der Waals surface area contributed by atoms with Gasteiger partial charge in [-0.25, -0.2) is 0 Å². The molecular formula is C18H20N2O2. The number of hydrogen-bond donors (Lipinski definition) is 2. The Morgan fingerprint density at radius 3 is 2.91 bits per heavy atom. The third-order valence-corrected chi connectivity index (χ3v) is 4.14. The number of aliphatic hydroxyl groups is 1. The molecule has 2 atom stereocenters. The zero-order chi connectivity index (χ0) is 15.4. The van der Waals surface area contributed by atoms with Crippen molar-refractivity contribution in [3.05, 3.63) is 48.2 Å². The van der Waals surface area contributed by atoms with E-state index in [4.69, 9.17) is 0 Å². The second-order valence-electron chi connectivity index (χ2n) is 5.72. The van der Waals surface area contributed by atoms with Crippen molar-refractivity contribution in [3.63, 3.8) is 0 Å². The molecule has 1 aliphatic carbocycles. The van der Waals surface area contributed by atoms with E-state index in [-0.39, 0.29) is 11.9 Å². The Bertz CT molecular complexity index is 691. The number of carbonyl (C=O) groups excluding carboxylic acids is 1. The first-order valence-electron chi connectivity index (χ1n) is 7.74. The third kappa shape index (κ3) is 3.34. The van der Waals surface area contributed by atoms with Gasteiger partial charge in [0, 0.05) is 23.2 Å². The second-order valence-corrected chi connectivity index (χ2v) is 5.72. The van der Waals surface area contributed by atoms with Gasteiger partial charge in [-0.1, -0.05) is 37.1 Å². The van der Waals surface area contributed by atoms with Crippen LogP contribution in [-0.2, 0) is 4.79 Å². The molecule has 1 aromatic carbocycles. The Balaban J connectivity index is 1.71. The fourth-order valence-corrected chi connectivity index (χ4v) is 2.94. The molecule has 1 aromatic heterocycles. The van der Waals surface area contributed by atoms with Crippen molar-refractivity contribution in [3.8, 4) is 0 Å². The number of rotatable bonds is 3. The van der Waals surface area contributed by atoms with E-state index in [0.717, 1.165) is 42.1 Å². The molecule has 1 amide bonds. The molecule has 1 aliphatic rings. The number of nitrogens with zero attached hydrogens (tertiary/aromatic N) is 1. The van der Waals surface area contributed by atoms with Crippen molar-refractivity contribution in [2.45, 2.75) is 37.8 Å². The summed E-state index contributed by atoms with van der Waals surface area (Å²) < 4.78 is 0. The van der Waals surface area contributed by atoms with E-state index in [0.29, 0.717) is 0 Å². The van der Waals surface area contributed by atoms with E-state index in [2.05, 4.69) is 10.3 Å². The van der Waals surface area contributed by atoms with Crippen LogP contribution < -0.4 is 5.32 Å². The maximum absolute atomic E-state index is 12.0. The summed E-state index contributed by atoms with van der Waals surface area (Å²) in [5, 5.41) is 13.8. The molecule has 0 bridgehead atoms. The van der Waals surface area contributed by atoms with Crippen LogP contribution in [0.3, 0.4) is 0 Å².